The van der Waals surface area contributed by atoms with Gasteiger partial charge in [0.1, 0.15) is 0 Å². The van der Waals surface area contributed by atoms with Gasteiger partial charge in [0, 0.05) is 12.2 Å². The highest BCUT2D eigenvalue weighted by Crippen LogP contribution is 2.28. The van der Waals surface area contributed by atoms with Crippen LogP contribution >= 0.6 is 0 Å². The van der Waals surface area contributed by atoms with Crippen LogP contribution in [0.15, 0.2) is 24.3 Å². The third-order valence-electron chi connectivity index (χ3n) is 3.81. The molecule has 1 aromatic carbocycles. The summed E-state index contributed by atoms with van der Waals surface area (Å²) in [5.74, 6) is 1.01. The van der Waals surface area contributed by atoms with Crippen molar-refractivity contribution in [2.24, 2.45) is 5.92 Å². The number of nitrogens with one attached hydrogen (secondary N) is 1. The standard InChI is InChI=1S/C15H24N2/c16-15-10-4-3-9-14(15)12-17-11-5-8-13-6-1-2-7-13/h3-4,9-10,13,17H,1-2,5-8,11-12,16H2. The average molecular weight is 232 g/mol. The van der Waals surface area contributed by atoms with Crippen molar-refractivity contribution in [1.82, 2.24) is 5.32 Å². The van der Waals surface area contributed by atoms with Gasteiger partial charge in [-0.15, -0.1) is 0 Å². The maximum atomic E-state index is 5.89. The molecular weight excluding hydrogens is 208 g/mol. The van der Waals surface area contributed by atoms with Gasteiger partial charge in [-0.05, 0) is 36.9 Å². The summed E-state index contributed by atoms with van der Waals surface area (Å²) in [4.78, 5) is 0. The molecule has 0 aromatic heterocycles. The molecule has 1 fully saturated rings. The number of para-hydroxylation sites is 1. The topological polar surface area (TPSA) is 38.0 Å². The molecule has 2 nitrogen and oxygen atoms in total. The molecular formula is C15H24N2. The summed E-state index contributed by atoms with van der Waals surface area (Å²) < 4.78 is 0. The summed E-state index contributed by atoms with van der Waals surface area (Å²) >= 11 is 0. The minimum absolute atomic E-state index is 0.899. The minimum atomic E-state index is 0.899. The van der Waals surface area contributed by atoms with Gasteiger partial charge in [0.25, 0.3) is 0 Å². The summed E-state index contributed by atoms with van der Waals surface area (Å²) in [6.45, 7) is 2.02. The Bertz CT molecular complexity index is 329. The van der Waals surface area contributed by atoms with E-state index in [9.17, 15) is 0 Å². The van der Waals surface area contributed by atoms with E-state index in [-0.39, 0.29) is 0 Å². The Morgan fingerprint density at radius 3 is 2.71 bits per heavy atom. The van der Waals surface area contributed by atoms with Crippen LogP contribution in [0.5, 0.6) is 0 Å². The van der Waals surface area contributed by atoms with Crippen molar-refractivity contribution in [3.63, 3.8) is 0 Å². The molecule has 94 valence electrons. The molecule has 2 rings (SSSR count). The van der Waals surface area contributed by atoms with E-state index in [4.69, 9.17) is 5.73 Å². The normalized spacial score (nSPS) is 16.5. The monoisotopic (exact) mass is 232 g/mol. The van der Waals surface area contributed by atoms with E-state index in [1.54, 1.807) is 0 Å². The van der Waals surface area contributed by atoms with Crippen molar-refractivity contribution in [3.8, 4) is 0 Å². The lowest BCUT2D eigenvalue weighted by Crippen LogP contribution is -2.16. The second-order valence-electron chi connectivity index (χ2n) is 5.17. The number of benzene rings is 1. The second-order valence-corrected chi connectivity index (χ2v) is 5.17. The lowest BCUT2D eigenvalue weighted by atomic mass is 10.0. The van der Waals surface area contributed by atoms with Crippen LogP contribution in [0.2, 0.25) is 0 Å². The minimum Gasteiger partial charge on any atom is -0.398 e. The van der Waals surface area contributed by atoms with Gasteiger partial charge in [-0.3, -0.25) is 0 Å². The number of nitrogen functional groups attached to an aromatic ring is 1. The molecule has 0 amide bonds. The third-order valence-corrected chi connectivity index (χ3v) is 3.81. The summed E-state index contributed by atoms with van der Waals surface area (Å²) in [6.07, 6.45) is 8.54. The zero-order valence-electron chi connectivity index (χ0n) is 10.6. The Labute approximate surface area is 105 Å². The predicted octanol–water partition coefficient (Wildman–Crippen LogP) is 3.33. The number of nitrogens with two attached hydrogens (primary N) is 1. The molecule has 0 heterocycles. The van der Waals surface area contributed by atoms with E-state index >= 15 is 0 Å². The van der Waals surface area contributed by atoms with Crippen LogP contribution in [0, 0.1) is 5.92 Å². The Balaban J connectivity index is 1.58. The van der Waals surface area contributed by atoms with Gasteiger partial charge < -0.3 is 11.1 Å². The Hall–Kier alpha value is -1.02. The molecule has 17 heavy (non-hydrogen) atoms. The van der Waals surface area contributed by atoms with Gasteiger partial charge in [-0.25, -0.2) is 0 Å². The molecule has 0 saturated heterocycles. The van der Waals surface area contributed by atoms with Gasteiger partial charge in [0.05, 0.1) is 0 Å². The third kappa shape index (κ3) is 4.04. The van der Waals surface area contributed by atoms with Crippen LogP contribution in [-0.4, -0.2) is 6.54 Å². The van der Waals surface area contributed by atoms with E-state index in [0.29, 0.717) is 0 Å². The molecule has 1 aliphatic carbocycles. The van der Waals surface area contributed by atoms with Gasteiger partial charge in [0.15, 0.2) is 0 Å². The summed E-state index contributed by atoms with van der Waals surface area (Å²) in [6, 6.07) is 8.10. The molecule has 0 unspecified atom stereocenters. The highest BCUT2D eigenvalue weighted by Gasteiger charge is 2.13. The Kier molecular flexibility index (Phi) is 4.87. The highest BCUT2D eigenvalue weighted by molar-refractivity contribution is 5.46. The maximum Gasteiger partial charge on any atom is 0.0359 e. The lowest BCUT2D eigenvalue weighted by molar-refractivity contribution is 0.470. The van der Waals surface area contributed by atoms with Crippen LogP contribution in [-0.2, 0) is 6.54 Å². The van der Waals surface area contributed by atoms with Crippen molar-refractivity contribution in [2.75, 3.05) is 12.3 Å². The molecule has 0 aliphatic heterocycles. The number of hydrogen-bond acceptors (Lipinski definition) is 2. The van der Waals surface area contributed by atoms with Gasteiger partial charge >= 0.3 is 0 Å². The lowest BCUT2D eigenvalue weighted by Gasteiger charge is -2.10. The molecule has 3 N–H and O–H groups in total. The van der Waals surface area contributed by atoms with Crippen molar-refractivity contribution < 1.29 is 0 Å². The average Bonchev–Trinajstić information content (AvgIpc) is 2.84. The van der Waals surface area contributed by atoms with Gasteiger partial charge in [0.2, 0.25) is 0 Å². The van der Waals surface area contributed by atoms with Crippen molar-refractivity contribution in [2.45, 2.75) is 45.1 Å². The molecule has 0 bridgehead atoms. The van der Waals surface area contributed by atoms with E-state index in [2.05, 4.69) is 11.4 Å². The summed E-state index contributed by atoms with van der Waals surface area (Å²) in [5, 5.41) is 3.49. The highest BCUT2D eigenvalue weighted by atomic mass is 14.8. The van der Waals surface area contributed by atoms with E-state index in [1.165, 1.54) is 44.1 Å². The van der Waals surface area contributed by atoms with Crippen molar-refractivity contribution in [3.05, 3.63) is 29.8 Å². The Morgan fingerprint density at radius 1 is 1.18 bits per heavy atom. The van der Waals surface area contributed by atoms with E-state index < -0.39 is 0 Å². The number of anilines is 1. The van der Waals surface area contributed by atoms with Crippen LogP contribution < -0.4 is 11.1 Å². The summed E-state index contributed by atoms with van der Waals surface area (Å²) in [5.41, 5.74) is 8.01. The smallest absolute Gasteiger partial charge is 0.0359 e. The molecule has 0 radical (unpaired) electrons. The number of rotatable bonds is 6. The van der Waals surface area contributed by atoms with Crippen LogP contribution in [0.3, 0.4) is 0 Å². The van der Waals surface area contributed by atoms with Crippen LogP contribution in [0.25, 0.3) is 0 Å². The molecule has 1 saturated carbocycles. The summed E-state index contributed by atoms with van der Waals surface area (Å²) in [7, 11) is 0. The van der Waals surface area contributed by atoms with Crippen molar-refractivity contribution in [1.29, 1.82) is 0 Å². The quantitative estimate of drug-likeness (QED) is 0.583. The first-order chi connectivity index (χ1) is 8.36. The molecule has 0 spiro atoms. The molecule has 1 aliphatic rings. The van der Waals surface area contributed by atoms with E-state index in [0.717, 1.165) is 24.7 Å². The first-order valence-electron chi connectivity index (χ1n) is 6.90. The van der Waals surface area contributed by atoms with Gasteiger partial charge in [-0.2, -0.15) is 0 Å². The molecule has 2 heteroatoms. The van der Waals surface area contributed by atoms with Crippen LogP contribution in [0.4, 0.5) is 5.69 Å². The molecule has 0 atom stereocenters. The van der Waals surface area contributed by atoms with Gasteiger partial charge in [-0.1, -0.05) is 43.9 Å². The largest absolute Gasteiger partial charge is 0.398 e. The zero-order valence-corrected chi connectivity index (χ0v) is 10.6. The SMILES string of the molecule is Nc1ccccc1CNCCCC1CCCC1. The van der Waals surface area contributed by atoms with Crippen LogP contribution in [0.1, 0.15) is 44.1 Å². The first kappa shape index (κ1) is 12.4. The van der Waals surface area contributed by atoms with E-state index in [1.807, 2.05) is 18.2 Å². The number of hydrogen-bond donors (Lipinski definition) is 2. The Morgan fingerprint density at radius 2 is 1.94 bits per heavy atom. The fourth-order valence-corrected chi connectivity index (χ4v) is 2.73. The predicted molar refractivity (Wildman–Crippen MR) is 73.8 cm³/mol. The first-order valence-corrected chi connectivity index (χ1v) is 6.90. The second kappa shape index (κ2) is 6.65. The zero-order chi connectivity index (χ0) is 11.9. The van der Waals surface area contributed by atoms with Crippen molar-refractivity contribution >= 4 is 5.69 Å². The maximum absolute atomic E-state index is 5.89. The molecule has 1 aromatic rings. The fraction of sp³-hybridized carbons (Fsp3) is 0.600. The fourth-order valence-electron chi connectivity index (χ4n) is 2.73.